The molecule has 27 heavy (non-hydrogen) atoms. The highest BCUT2D eigenvalue weighted by Gasteiger charge is 2.15. The lowest BCUT2D eigenvalue weighted by atomic mass is 10.1. The summed E-state index contributed by atoms with van der Waals surface area (Å²) in [6.07, 6.45) is 3.69. The van der Waals surface area contributed by atoms with Crippen molar-refractivity contribution in [2.45, 2.75) is 26.2 Å². The van der Waals surface area contributed by atoms with Crippen LogP contribution in [0.15, 0.2) is 60.7 Å². The van der Waals surface area contributed by atoms with Gasteiger partial charge in [0.05, 0.1) is 5.69 Å². The van der Waals surface area contributed by atoms with E-state index in [4.69, 9.17) is 9.72 Å². The van der Waals surface area contributed by atoms with E-state index in [0.717, 1.165) is 47.7 Å². The fourth-order valence-electron chi connectivity index (χ4n) is 3.26. The zero-order chi connectivity index (χ0) is 18.5. The molecular formula is C22H24N4O. The van der Waals surface area contributed by atoms with Gasteiger partial charge in [-0.2, -0.15) is 4.98 Å². The summed E-state index contributed by atoms with van der Waals surface area (Å²) >= 11 is 0. The molecule has 3 aromatic rings. The first-order valence-corrected chi connectivity index (χ1v) is 9.47. The summed E-state index contributed by atoms with van der Waals surface area (Å²) < 4.78 is 6.04. The first-order chi connectivity index (χ1) is 13.3. The van der Waals surface area contributed by atoms with Crippen LogP contribution in [0.2, 0.25) is 0 Å². The van der Waals surface area contributed by atoms with Gasteiger partial charge in [-0.15, -0.1) is 0 Å². The van der Waals surface area contributed by atoms with Gasteiger partial charge in [-0.3, -0.25) is 0 Å². The van der Waals surface area contributed by atoms with E-state index in [1.807, 2.05) is 67.6 Å². The number of para-hydroxylation sites is 3. The minimum Gasteiger partial charge on any atom is -0.455 e. The van der Waals surface area contributed by atoms with Crippen LogP contribution in [0.4, 0.5) is 17.5 Å². The minimum absolute atomic E-state index is 0.763. The number of benzene rings is 2. The van der Waals surface area contributed by atoms with Crippen molar-refractivity contribution in [3.8, 4) is 11.5 Å². The van der Waals surface area contributed by atoms with E-state index in [2.05, 4.69) is 15.2 Å². The van der Waals surface area contributed by atoms with Crippen molar-refractivity contribution in [2.75, 3.05) is 23.3 Å². The number of aromatic nitrogens is 2. The molecule has 0 amide bonds. The molecule has 4 rings (SSSR count). The summed E-state index contributed by atoms with van der Waals surface area (Å²) in [5, 5.41) is 3.41. The molecule has 1 fully saturated rings. The van der Waals surface area contributed by atoms with Crippen molar-refractivity contribution in [1.29, 1.82) is 0 Å². The number of anilines is 3. The molecule has 2 heterocycles. The topological polar surface area (TPSA) is 50.3 Å². The largest absolute Gasteiger partial charge is 0.455 e. The second kappa shape index (κ2) is 8.08. The summed E-state index contributed by atoms with van der Waals surface area (Å²) in [5.41, 5.74) is 1.83. The van der Waals surface area contributed by atoms with Crippen molar-refractivity contribution in [2.24, 2.45) is 0 Å². The van der Waals surface area contributed by atoms with Crippen LogP contribution in [-0.2, 0) is 0 Å². The highest BCUT2D eigenvalue weighted by Crippen LogP contribution is 2.31. The Labute approximate surface area is 160 Å². The predicted molar refractivity (Wildman–Crippen MR) is 109 cm³/mol. The SMILES string of the molecule is Cc1cc(Nc2ccccc2Oc2ccccc2)nc(N2CCCCC2)n1. The Kier molecular flexibility index (Phi) is 5.19. The van der Waals surface area contributed by atoms with Crippen molar-refractivity contribution in [3.63, 3.8) is 0 Å². The molecule has 0 atom stereocenters. The third-order valence-corrected chi connectivity index (χ3v) is 4.60. The molecule has 5 heteroatoms. The van der Waals surface area contributed by atoms with Crippen LogP contribution in [0.3, 0.4) is 0 Å². The van der Waals surface area contributed by atoms with Crippen LogP contribution in [0.25, 0.3) is 0 Å². The zero-order valence-electron chi connectivity index (χ0n) is 15.6. The monoisotopic (exact) mass is 360 g/mol. The van der Waals surface area contributed by atoms with Crippen LogP contribution in [0.1, 0.15) is 25.0 Å². The second-order valence-corrected chi connectivity index (χ2v) is 6.78. The van der Waals surface area contributed by atoms with Gasteiger partial charge >= 0.3 is 0 Å². The molecule has 138 valence electrons. The molecule has 0 saturated carbocycles. The number of hydrogen-bond donors (Lipinski definition) is 1. The van der Waals surface area contributed by atoms with Gasteiger partial charge in [0, 0.05) is 24.8 Å². The minimum atomic E-state index is 0.763. The highest BCUT2D eigenvalue weighted by atomic mass is 16.5. The standard InChI is InChI=1S/C22H24N4O/c1-17-16-21(25-22(23-17)26-14-8-3-9-15-26)24-19-12-6-7-13-20(19)27-18-10-4-2-5-11-18/h2,4-7,10-13,16H,3,8-9,14-15H2,1H3,(H,23,24,25). The molecule has 0 spiro atoms. The number of nitrogens with zero attached hydrogens (tertiary/aromatic N) is 3. The van der Waals surface area contributed by atoms with Gasteiger partial charge in [0.15, 0.2) is 5.75 Å². The van der Waals surface area contributed by atoms with Gasteiger partial charge in [-0.1, -0.05) is 30.3 Å². The molecule has 0 bridgehead atoms. The second-order valence-electron chi connectivity index (χ2n) is 6.78. The predicted octanol–water partition coefficient (Wildman–Crippen LogP) is 5.31. The van der Waals surface area contributed by atoms with Gasteiger partial charge in [-0.05, 0) is 50.5 Å². The molecule has 1 aliphatic rings. The summed E-state index contributed by atoms with van der Waals surface area (Å²) in [5.74, 6) is 3.16. The average Bonchev–Trinajstić information content (AvgIpc) is 2.71. The van der Waals surface area contributed by atoms with Crippen LogP contribution in [0.5, 0.6) is 11.5 Å². The molecule has 1 aliphatic heterocycles. The van der Waals surface area contributed by atoms with E-state index < -0.39 is 0 Å². The van der Waals surface area contributed by atoms with E-state index >= 15 is 0 Å². The van der Waals surface area contributed by atoms with E-state index in [-0.39, 0.29) is 0 Å². The Morgan fingerprint density at radius 2 is 1.63 bits per heavy atom. The van der Waals surface area contributed by atoms with E-state index in [0.29, 0.717) is 0 Å². The first kappa shape index (κ1) is 17.3. The molecule has 0 unspecified atom stereocenters. The molecule has 2 aromatic carbocycles. The van der Waals surface area contributed by atoms with E-state index in [9.17, 15) is 0 Å². The average molecular weight is 360 g/mol. The number of hydrogen-bond acceptors (Lipinski definition) is 5. The number of piperidine rings is 1. The lowest BCUT2D eigenvalue weighted by Crippen LogP contribution is -2.31. The highest BCUT2D eigenvalue weighted by molar-refractivity contribution is 5.65. The van der Waals surface area contributed by atoms with Gasteiger partial charge in [0.25, 0.3) is 0 Å². The van der Waals surface area contributed by atoms with E-state index in [1.54, 1.807) is 0 Å². The molecule has 0 radical (unpaired) electrons. The summed E-state index contributed by atoms with van der Waals surface area (Å²) in [6, 6.07) is 19.7. The summed E-state index contributed by atoms with van der Waals surface area (Å²) in [4.78, 5) is 11.7. The van der Waals surface area contributed by atoms with Gasteiger partial charge < -0.3 is 15.0 Å². The molecule has 1 N–H and O–H groups in total. The van der Waals surface area contributed by atoms with Crippen molar-refractivity contribution >= 4 is 17.5 Å². The number of ether oxygens (including phenoxy) is 1. The van der Waals surface area contributed by atoms with Gasteiger partial charge in [0.1, 0.15) is 11.6 Å². The lowest BCUT2D eigenvalue weighted by Gasteiger charge is -2.27. The number of nitrogens with one attached hydrogen (secondary N) is 1. The van der Waals surface area contributed by atoms with Gasteiger partial charge in [-0.25, -0.2) is 4.98 Å². The molecule has 1 saturated heterocycles. The maximum atomic E-state index is 6.04. The zero-order valence-corrected chi connectivity index (χ0v) is 15.6. The van der Waals surface area contributed by atoms with E-state index in [1.165, 1.54) is 19.3 Å². The summed E-state index contributed by atoms with van der Waals surface area (Å²) in [6.45, 7) is 4.06. The fourth-order valence-corrected chi connectivity index (χ4v) is 3.26. The molecule has 0 aliphatic carbocycles. The number of rotatable bonds is 5. The lowest BCUT2D eigenvalue weighted by molar-refractivity contribution is 0.485. The third kappa shape index (κ3) is 4.37. The van der Waals surface area contributed by atoms with Crippen molar-refractivity contribution in [3.05, 3.63) is 66.4 Å². The normalized spacial score (nSPS) is 14.0. The molecule has 1 aromatic heterocycles. The molecular weight excluding hydrogens is 336 g/mol. The Hall–Kier alpha value is -3.08. The maximum Gasteiger partial charge on any atom is 0.227 e. The van der Waals surface area contributed by atoms with Crippen LogP contribution in [-0.4, -0.2) is 23.1 Å². The van der Waals surface area contributed by atoms with Crippen LogP contribution in [0, 0.1) is 6.92 Å². The van der Waals surface area contributed by atoms with Crippen LogP contribution < -0.4 is 15.0 Å². The van der Waals surface area contributed by atoms with Gasteiger partial charge in [0.2, 0.25) is 5.95 Å². The smallest absolute Gasteiger partial charge is 0.227 e. The van der Waals surface area contributed by atoms with Crippen LogP contribution >= 0.6 is 0 Å². The Bertz CT molecular complexity index is 892. The first-order valence-electron chi connectivity index (χ1n) is 9.47. The Morgan fingerprint density at radius 3 is 2.44 bits per heavy atom. The van der Waals surface area contributed by atoms with Crippen molar-refractivity contribution in [1.82, 2.24) is 9.97 Å². The molecule has 5 nitrogen and oxygen atoms in total. The Balaban J connectivity index is 1.58. The van der Waals surface area contributed by atoms with Crippen molar-refractivity contribution < 1.29 is 4.74 Å². The Morgan fingerprint density at radius 1 is 0.889 bits per heavy atom. The number of aryl methyl sites for hydroxylation is 1. The fraction of sp³-hybridized carbons (Fsp3) is 0.273. The maximum absolute atomic E-state index is 6.04. The quantitative estimate of drug-likeness (QED) is 0.668. The summed E-state index contributed by atoms with van der Waals surface area (Å²) in [7, 11) is 0. The third-order valence-electron chi connectivity index (χ3n) is 4.60.